The standard InChI is InChI=1S/C5H10AsNOS/c1-6(2)8-3-4-9-5-7/h3-4H2,1-2H3. The van der Waals surface area contributed by atoms with Gasteiger partial charge >= 0.3 is 64.9 Å². The summed E-state index contributed by atoms with van der Waals surface area (Å²) in [5, 5.41) is 10.1. The van der Waals surface area contributed by atoms with Gasteiger partial charge in [-0.15, -0.1) is 0 Å². The summed E-state index contributed by atoms with van der Waals surface area (Å²) < 4.78 is 5.32. The molecule has 0 aromatic heterocycles. The molecule has 0 atom stereocenters. The maximum absolute atomic E-state index is 8.10. The minimum absolute atomic E-state index is 0.741. The number of hydrogen-bond acceptors (Lipinski definition) is 3. The van der Waals surface area contributed by atoms with Crippen LogP contribution in [0.5, 0.6) is 0 Å². The fraction of sp³-hybridized carbons (Fsp3) is 0.800. The molecule has 0 saturated heterocycles. The first-order valence-electron chi connectivity index (χ1n) is 2.58. The third-order valence-corrected chi connectivity index (χ3v) is 2.57. The molecule has 52 valence electrons. The van der Waals surface area contributed by atoms with Crippen molar-refractivity contribution >= 4 is 26.8 Å². The number of nitrogens with zero attached hydrogens (tertiary/aromatic N) is 1. The summed E-state index contributed by atoms with van der Waals surface area (Å²) in [6.45, 7) is 0.741. The van der Waals surface area contributed by atoms with Gasteiger partial charge < -0.3 is 0 Å². The van der Waals surface area contributed by atoms with E-state index < -0.39 is 15.0 Å². The molecule has 0 bridgehead atoms. The Balaban J connectivity index is 2.85. The quantitative estimate of drug-likeness (QED) is 0.397. The van der Waals surface area contributed by atoms with Crippen LogP contribution in [0.4, 0.5) is 0 Å². The summed E-state index contributed by atoms with van der Waals surface area (Å²) in [7, 11) is 0. The van der Waals surface area contributed by atoms with Gasteiger partial charge in [-0.2, -0.15) is 0 Å². The Bertz CT molecular complexity index is 102. The van der Waals surface area contributed by atoms with Crippen LogP contribution < -0.4 is 0 Å². The van der Waals surface area contributed by atoms with Gasteiger partial charge in [0.05, 0.1) is 0 Å². The fourth-order valence-corrected chi connectivity index (χ4v) is 1.79. The molecular formula is C5H10AsNOS. The molecule has 9 heavy (non-hydrogen) atoms. The van der Waals surface area contributed by atoms with Crippen molar-refractivity contribution < 1.29 is 3.73 Å². The molecule has 4 heteroatoms. The number of rotatable bonds is 4. The molecule has 0 spiro atoms. The summed E-state index contributed by atoms with van der Waals surface area (Å²) in [4.78, 5) is 0. The molecule has 0 heterocycles. The van der Waals surface area contributed by atoms with Gasteiger partial charge in [0.25, 0.3) is 0 Å². The van der Waals surface area contributed by atoms with Crippen LogP contribution in [0.25, 0.3) is 0 Å². The molecule has 0 aliphatic carbocycles. The van der Waals surface area contributed by atoms with E-state index in [2.05, 4.69) is 11.4 Å². The molecule has 0 aromatic carbocycles. The first kappa shape index (κ1) is 9.36. The van der Waals surface area contributed by atoms with Gasteiger partial charge in [0.15, 0.2) is 0 Å². The topological polar surface area (TPSA) is 33.0 Å². The molecule has 0 rings (SSSR count). The molecule has 0 unspecified atom stereocenters. The molecule has 0 aliphatic rings. The van der Waals surface area contributed by atoms with Gasteiger partial charge in [-0.3, -0.25) is 0 Å². The van der Waals surface area contributed by atoms with Crippen LogP contribution in [-0.4, -0.2) is 27.4 Å². The Kier molecular flexibility index (Phi) is 6.74. The number of thioether (sulfide) groups is 1. The van der Waals surface area contributed by atoms with Gasteiger partial charge in [0.1, 0.15) is 0 Å². The van der Waals surface area contributed by atoms with Crippen LogP contribution in [0, 0.1) is 10.7 Å². The van der Waals surface area contributed by atoms with Gasteiger partial charge in [0, 0.05) is 0 Å². The Morgan fingerprint density at radius 2 is 2.33 bits per heavy atom. The van der Waals surface area contributed by atoms with E-state index in [0.717, 1.165) is 12.4 Å². The van der Waals surface area contributed by atoms with Crippen molar-refractivity contribution in [2.45, 2.75) is 11.4 Å². The van der Waals surface area contributed by atoms with Crippen LogP contribution in [0.2, 0.25) is 11.4 Å². The number of hydrogen-bond donors (Lipinski definition) is 0. The zero-order valence-corrected chi connectivity index (χ0v) is 8.32. The Morgan fingerprint density at radius 1 is 1.67 bits per heavy atom. The average molecular weight is 207 g/mol. The summed E-state index contributed by atoms with van der Waals surface area (Å²) in [6, 6.07) is 0. The molecule has 0 N–H and O–H groups in total. The van der Waals surface area contributed by atoms with Gasteiger partial charge in [-0.1, -0.05) is 0 Å². The van der Waals surface area contributed by atoms with E-state index in [0.29, 0.717) is 0 Å². The van der Waals surface area contributed by atoms with Crippen molar-refractivity contribution in [3.05, 3.63) is 0 Å². The monoisotopic (exact) mass is 207 g/mol. The molecule has 0 aliphatic heterocycles. The van der Waals surface area contributed by atoms with Gasteiger partial charge in [-0.05, 0) is 0 Å². The van der Waals surface area contributed by atoms with Crippen LogP contribution in [-0.2, 0) is 3.73 Å². The number of nitriles is 1. The van der Waals surface area contributed by atoms with Crippen molar-refractivity contribution in [2.24, 2.45) is 0 Å². The first-order chi connectivity index (χ1) is 4.27. The summed E-state index contributed by atoms with van der Waals surface area (Å²) in [5.74, 6) is 0.809. The van der Waals surface area contributed by atoms with Crippen molar-refractivity contribution in [1.82, 2.24) is 0 Å². The zero-order chi connectivity index (χ0) is 7.11. The molecule has 2 nitrogen and oxygen atoms in total. The fourth-order valence-electron chi connectivity index (χ4n) is 0.307. The molecule has 0 fully saturated rings. The van der Waals surface area contributed by atoms with Crippen molar-refractivity contribution in [1.29, 1.82) is 5.26 Å². The van der Waals surface area contributed by atoms with E-state index in [4.69, 9.17) is 8.99 Å². The van der Waals surface area contributed by atoms with Crippen LogP contribution in [0.1, 0.15) is 0 Å². The third-order valence-electron chi connectivity index (χ3n) is 0.599. The molecular weight excluding hydrogens is 197 g/mol. The normalized spacial score (nSPS) is 9.56. The molecule has 0 aromatic rings. The summed E-state index contributed by atoms with van der Waals surface area (Å²) in [5.41, 5.74) is 4.26. The Hall–Kier alpha value is 0.358. The van der Waals surface area contributed by atoms with Crippen molar-refractivity contribution in [3.8, 4) is 5.40 Å². The number of thiocyanates is 1. The minimum atomic E-state index is -0.892. The zero-order valence-electron chi connectivity index (χ0n) is 5.63. The first-order valence-corrected chi connectivity index (χ1v) is 8.09. The molecule has 0 amide bonds. The summed E-state index contributed by atoms with van der Waals surface area (Å²) >= 11 is 0.362. The predicted molar refractivity (Wildman–Crippen MR) is 41.5 cm³/mol. The van der Waals surface area contributed by atoms with Crippen molar-refractivity contribution in [2.75, 3.05) is 12.4 Å². The molecule has 0 radical (unpaired) electrons. The van der Waals surface area contributed by atoms with E-state index >= 15 is 0 Å². The second-order valence-electron chi connectivity index (χ2n) is 1.59. The average Bonchev–Trinajstić information content (AvgIpc) is 1.80. The second kappa shape index (κ2) is 6.48. The van der Waals surface area contributed by atoms with Gasteiger partial charge in [0.2, 0.25) is 0 Å². The SMILES string of the molecule is C[As](C)OCCSC#N. The Labute approximate surface area is 65.2 Å². The molecule has 0 saturated carbocycles. The Morgan fingerprint density at radius 3 is 2.78 bits per heavy atom. The van der Waals surface area contributed by atoms with E-state index in [-0.39, 0.29) is 0 Å². The van der Waals surface area contributed by atoms with Crippen LogP contribution in [0.3, 0.4) is 0 Å². The van der Waals surface area contributed by atoms with Crippen LogP contribution >= 0.6 is 11.8 Å². The van der Waals surface area contributed by atoms with Crippen molar-refractivity contribution in [3.63, 3.8) is 0 Å². The maximum atomic E-state index is 8.10. The third kappa shape index (κ3) is 8.36. The van der Waals surface area contributed by atoms with E-state index in [1.54, 1.807) is 0 Å². The van der Waals surface area contributed by atoms with Crippen LogP contribution in [0.15, 0.2) is 0 Å². The van der Waals surface area contributed by atoms with Gasteiger partial charge in [-0.25, -0.2) is 0 Å². The van der Waals surface area contributed by atoms with E-state index in [9.17, 15) is 0 Å². The predicted octanol–water partition coefficient (Wildman–Crippen LogP) is 1.47. The second-order valence-corrected chi connectivity index (χ2v) is 6.42. The van der Waals surface area contributed by atoms with E-state index in [1.165, 1.54) is 11.8 Å². The van der Waals surface area contributed by atoms with E-state index in [1.807, 2.05) is 5.40 Å². The summed E-state index contributed by atoms with van der Waals surface area (Å²) in [6.07, 6.45) is 0.